The average molecular weight is 278 g/mol. The zero-order valence-electron chi connectivity index (χ0n) is 12.9. The summed E-state index contributed by atoms with van der Waals surface area (Å²) in [6, 6.07) is 2.59. The van der Waals surface area contributed by atoms with Gasteiger partial charge in [0.25, 0.3) is 5.91 Å². The van der Waals surface area contributed by atoms with E-state index >= 15 is 0 Å². The van der Waals surface area contributed by atoms with Crippen LogP contribution in [0.5, 0.6) is 0 Å². The van der Waals surface area contributed by atoms with Crippen LogP contribution in [-0.2, 0) is 0 Å². The van der Waals surface area contributed by atoms with Gasteiger partial charge in [-0.05, 0) is 52.0 Å². The first kappa shape index (κ1) is 15.1. The molecule has 2 unspecified atom stereocenters. The molecule has 2 atom stereocenters. The van der Waals surface area contributed by atoms with Gasteiger partial charge >= 0.3 is 0 Å². The zero-order chi connectivity index (χ0) is 14.9. The van der Waals surface area contributed by atoms with Crippen LogP contribution in [-0.4, -0.2) is 28.2 Å². The lowest BCUT2D eigenvalue weighted by atomic mass is 10.0. The Hall–Kier alpha value is -1.29. The molecule has 112 valence electrons. The number of hydrogen-bond acceptors (Lipinski definition) is 2. The standard InChI is InChI=1S/C16H26N2O2/c1-10(7-12(3)19)9-17-16(20)15-8-11(2)18(13(15)4)14-5-6-14/h8,10,12,14,19H,5-7,9H2,1-4H3,(H,17,20). The molecule has 0 saturated heterocycles. The van der Waals surface area contributed by atoms with Crippen LogP contribution >= 0.6 is 0 Å². The molecule has 1 aromatic heterocycles. The summed E-state index contributed by atoms with van der Waals surface area (Å²) in [7, 11) is 0. The lowest BCUT2D eigenvalue weighted by Gasteiger charge is -2.14. The van der Waals surface area contributed by atoms with Crippen molar-refractivity contribution < 1.29 is 9.90 Å². The van der Waals surface area contributed by atoms with Crippen LogP contribution in [0.15, 0.2) is 6.07 Å². The molecule has 0 aliphatic heterocycles. The van der Waals surface area contributed by atoms with Gasteiger partial charge in [0.1, 0.15) is 0 Å². The van der Waals surface area contributed by atoms with Crippen LogP contribution in [0.4, 0.5) is 0 Å². The van der Waals surface area contributed by atoms with Gasteiger partial charge in [-0.1, -0.05) is 6.92 Å². The molecule has 1 heterocycles. The van der Waals surface area contributed by atoms with Gasteiger partial charge in [0.2, 0.25) is 0 Å². The van der Waals surface area contributed by atoms with E-state index < -0.39 is 0 Å². The van der Waals surface area contributed by atoms with Gasteiger partial charge in [-0.2, -0.15) is 0 Å². The van der Waals surface area contributed by atoms with Crippen LogP contribution in [0, 0.1) is 19.8 Å². The zero-order valence-corrected chi connectivity index (χ0v) is 12.9. The molecule has 0 radical (unpaired) electrons. The highest BCUT2D eigenvalue weighted by Crippen LogP contribution is 2.38. The van der Waals surface area contributed by atoms with Crippen molar-refractivity contribution in [1.82, 2.24) is 9.88 Å². The Morgan fingerprint density at radius 1 is 1.45 bits per heavy atom. The molecule has 20 heavy (non-hydrogen) atoms. The highest BCUT2D eigenvalue weighted by Gasteiger charge is 2.28. The number of nitrogens with zero attached hydrogens (tertiary/aromatic N) is 1. The Kier molecular flexibility index (Phi) is 4.53. The summed E-state index contributed by atoms with van der Waals surface area (Å²) < 4.78 is 2.29. The molecular formula is C16H26N2O2. The monoisotopic (exact) mass is 278 g/mol. The maximum absolute atomic E-state index is 12.3. The largest absolute Gasteiger partial charge is 0.393 e. The summed E-state index contributed by atoms with van der Waals surface area (Å²) in [5.74, 6) is 0.285. The first-order valence-corrected chi connectivity index (χ1v) is 7.54. The van der Waals surface area contributed by atoms with Crippen molar-refractivity contribution in [3.05, 3.63) is 23.0 Å². The number of aliphatic hydroxyl groups excluding tert-OH is 1. The van der Waals surface area contributed by atoms with E-state index in [2.05, 4.69) is 16.8 Å². The first-order valence-electron chi connectivity index (χ1n) is 7.54. The predicted octanol–water partition coefficient (Wildman–Crippen LogP) is 2.58. The summed E-state index contributed by atoms with van der Waals surface area (Å²) in [6.45, 7) is 8.52. The molecule has 4 heteroatoms. The Morgan fingerprint density at radius 3 is 2.65 bits per heavy atom. The van der Waals surface area contributed by atoms with E-state index in [1.807, 2.05) is 19.9 Å². The van der Waals surface area contributed by atoms with Crippen molar-refractivity contribution >= 4 is 5.91 Å². The minimum atomic E-state index is -0.318. The second-order valence-corrected chi connectivity index (χ2v) is 6.29. The van der Waals surface area contributed by atoms with Gasteiger partial charge in [-0.15, -0.1) is 0 Å². The second-order valence-electron chi connectivity index (χ2n) is 6.29. The minimum Gasteiger partial charge on any atom is -0.393 e. The number of aliphatic hydroxyl groups is 1. The van der Waals surface area contributed by atoms with Crippen molar-refractivity contribution in [2.75, 3.05) is 6.54 Å². The molecule has 0 bridgehead atoms. The summed E-state index contributed by atoms with van der Waals surface area (Å²) in [5, 5.41) is 12.3. The van der Waals surface area contributed by atoms with E-state index in [0.717, 1.165) is 11.3 Å². The third-order valence-corrected chi connectivity index (χ3v) is 4.00. The van der Waals surface area contributed by atoms with E-state index in [-0.39, 0.29) is 17.9 Å². The minimum absolute atomic E-state index is 0.00226. The normalized spacial score (nSPS) is 17.9. The molecule has 1 aliphatic carbocycles. The molecule has 4 nitrogen and oxygen atoms in total. The molecular weight excluding hydrogens is 252 g/mol. The maximum Gasteiger partial charge on any atom is 0.253 e. The molecule has 1 aromatic rings. The van der Waals surface area contributed by atoms with Crippen molar-refractivity contribution in [2.45, 2.75) is 59.1 Å². The van der Waals surface area contributed by atoms with Crippen molar-refractivity contribution in [3.63, 3.8) is 0 Å². The smallest absolute Gasteiger partial charge is 0.253 e. The number of rotatable bonds is 6. The fourth-order valence-electron chi connectivity index (χ4n) is 2.93. The van der Waals surface area contributed by atoms with E-state index in [1.54, 1.807) is 6.92 Å². The molecule has 1 fully saturated rings. The van der Waals surface area contributed by atoms with Gasteiger partial charge < -0.3 is 15.0 Å². The number of aryl methyl sites for hydroxylation is 1. The molecule has 0 aromatic carbocycles. The first-order chi connectivity index (χ1) is 9.40. The van der Waals surface area contributed by atoms with Crippen molar-refractivity contribution in [1.29, 1.82) is 0 Å². The highest BCUT2D eigenvalue weighted by molar-refractivity contribution is 5.95. The van der Waals surface area contributed by atoms with Crippen molar-refractivity contribution in [3.8, 4) is 0 Å². The third kappa shape index (κ3) is 3.42. The Bertz CT molecular complexity index is 487. The van der Waals surface area contributed by atoms with Gasteiger partial charge in [-0.3, -0.25) is 4.79 Å². The van der Waals surface area contributed by atoms with Gasteiger partial charge in [-0.25, -0.2) is 0 Å². The van der Waals surface area contributed by atoms with Crippen LogP contribution in [0.3, 0.4) is 0 Å². The van der Waals surface area contributed by atoms with Crippen LogP contribution in [0.2, 0.25) is 0 Å². The molecule has 1 aliphatic rings. The van der Waals surface area contributed by atoms with Crippen LogP contribution in [0.1, 0.15) is 60.9 Å². The van der Waals surface area contributed by atoms with E-state index in [4.69, 9.17) is 0 Å². The number of carbonyl (C=O) groups excluding carboxylic acids is 1. The average Bonchev–Trinajstić information content (AvgIpc) is 3.12. The molecule has 2 rings (SSSR count). The highest BCUT2D eigenvalue weighted by atomic mass is 16.3. The Labute approximate surface area is 121 Å². The quantitative estimate of drug-likeness (QED) is 0.840. The predicted molar refractivity (Wildman–Crippen MR) is 80.0 cm³/mol. The third-order valence-electron chi connectivity index (χ3n) is 4.00. The number of nitrogens with one attached hydrogen (secondary N) is 1. The van der Waals surface area contributed by atoms with E-state index in [9.17, 15) is 9.90 Å². The maximum atomic E-state index is 12.3. The Morgan fingerprint density at radius 2 is 2.10 bits per heavy atom. The second kappa shape index (κ2) is 6.00. The van der Waals surface area contributed by atoms with Gasteiger partial charge in [0.15, 0.2) is 0 Å². The summed E-state index contributed by atoms with van der Waals surface area (Å²) in [4.78, 5) is 12.3. The Balaban J connectivity index is 1.97. The van der Waals surface area contributed by atoms with Crippen LogP contribution < -0.4 is 5.32 Å². The van der Waals surface area contributed by atoms with E-state index in [0.29, 0.717) is 19.0 Å². The fourth-order valence-corrected chi connectivity index (χ4v) is 2.93. The van der Waals surface area contributed by atoms with Crippen molar-refractivity contribution in [2.24, 2.45) is 5.92 Å². The topological polar surface area (TPSA) is 54.3 Å². The summed E-state index contributed by atoms with van der Waals surface area (Å²) in [6.07, 6.45) is 2.84. The summed E-state index contributed by atoms with van der Waals surface area (Å²) in [5.41, 5.74) is 3.04. The molecule has 1 saturated carbocycles. The van der Waals surface area contributed by atoms with Crippen LogP contribution in [0.25, 0.3) is 0 Å². The molecule has 1 amide bonds. The lowest BCUT2D eigenvalue weighted by Crippen LogP contribution is -2.29. The van der Waals surface area contributed by atoms with Gasteiger partial charge in [0.05, 0.1) is 11.7 Å². The molecule has 0 spiro atoms. The fraction of sp³-hybridized carbons (Fsp3) is 0.688. The lowest BCUT2D eigenvalue weighted by molar-refractivity contribution is 0.0938. The SMILES string of the molecule is Cc1cc(C(=O)NCC(C)CC(C)O)c(C)n1C1CC1. The number of amides is 1. The molecule has 2 N–H and O–H groups in total. The number of carbonyl (C=O) groups is 1. The van der Waals surface area contributed by atoms with Gasteiger partial charge in [0, 0.05) is 24.0 Å². The summed E-state index contributed by atoms with van der Waals surface area (Å²) >= 11 is 0. The number of hydrogen-bond donors (Lipinski definition) is 2. The van der Waals surface area contributed by atoms with E-state index in [1.165, 1.54) is 18.5 Å². The number of aromatic nitrogens is 1.